The zero-order valence-corrected chi connectivity index (χ0v) is 23.5. The number of urea groups is 1. The summed E-state index contributed by atoms with van der Waals surface area (Å²) in [5.74, 6) is -0.819. The highest BCUT2D eigenvalue weighted by atomic mass is 32.2. The van der Waals surface area contributed by atoms with E-state index in [1.54, 1.807) is 4.90 Å². The average Bonchev–Trinajstić information content (AvgIpc) is 3.40. The molecule has 6 rings (SSSR count). The number of rotatable bonds is 8. The fourth-order valence-corrected chi connectivity index (χ4v) is 7.10. The number of hydrogen-bond acceptors (Lipinski definition) is 8. The molecule has 1 N–H and O–H groups in total. The molecule has 0 radical (unpaired) electrons. The Morgan fingerprint density at radius 2 is 1.74 bits per heavy atom. The number of amides is 3. The van der Waals surface area contributed by atoms with Crippen LogP contribution in [0.25, 0.3) is 0 Å². The van der Waals surface area contributed by atoms with Crippen molar-refractivity contribution in [1.29, 1.82) is 0 Å². The van der Waals surface area contributed by atoms with Crippen molar-refractivity contribution < 1.29 is 28.5 Å². The molecule has 0 spiro atoms. The second-order valence-corrected chi connectivity index (χ2v) is 12.1. The van der Waals surface area contributed by atoms with Crippen LogP contribution < -0.4 is 5.32 Å². The molecule has 1 aliphatic carbocycles. The van der Waals surface area contributed by atoms with Crippen LogP contribution in [0.5, 0.6) is 0 Å². The van der Waals surface area contributed by atoms with E-state index in [2.05, 4.69) is 5.32 Å². The summed E-state index contributed by atoms with van der Waals surface area (Å²) in [6, 6.07) is 19.2. The van der Waals surface area contributed by atoms with Crippen molar-refractivity contribution in [1.82, 2.24) is 10.2 Å². The number of nitrogens with one attached hydrogen (secondary N) is 1. The molecule has 3 aliphatic heterocycles. The van der Waals surface area contributed by atoms with E-state index in [0.717, 1.165) is 11.1 Å². The van der Waals surface area contributed by atoms with Crippen LogP contribution in [0.1, 0.15) is 24.5 Å². The van der Waals surface area contributed by atoms with Gasteiger partial charge in [-0.15, -0.1) is 0 Å². The minimum atomic E-state index is -0.987. The second kappa shape index (κ2) is 10.8. The van der Waals surface area contributed by atoms with E-state index in [9.17, 15) is 9.59 Å². The summed E-state index contributed by atoms with van der Waals surface area (Å²) in [7, 11) is 0. The molecule has 2 aromatic carbocycles. The molecule has 0 aromatic heterocycles. The zero-order chi connectivity index (χ0) is 27.1. The van der Waals surface area contributed by atoms with Gasteiger partial charge in [0.25, 0.3) is 0 Å². The number of thioether (sulfide) groups is 1. The van der Waals surface area contributed by atoms with Gasteiger partial charge in [-0.25, -0.2) is 4.79 Å². The minimum absolute atomic E-state index is 0.0302. The van der Waals surface area contributed by atoms with Gasteiger partial charge in [0, 0.05) is 17.9 Å². The van der Waals surface area contributed by atoms with Gasteiger partial charge < -0.3 is 18.9 Å². The lowest BCUT2D eigenvalue weighted by Gasteiger charge is -2.54. The first-order valence-electron chi connectivity index (χ1n) is 13.3. The molecule has 8 atom stereocenters. The fraction of sp³-hybridized carbons (Fsp3) is 0.483. The summed E-state index contributed by atoms with van der Waals surface area (Å²) in [5.41, 5.74) is 1.10. The van der Waals surface area contributed by atoms with Crippen molar-refractivity contribution in [2.75, 3.05) is 12.9 Å². The van der Waals surface area contributed by atoms with Gasteiger partial charge in [-0.1, -0.05) is 79.3 Å². The van der Waals surface area contributed by atoms with Crippen molar-refractivity contribution in [2.45, 2.75) is 56.6 Å². The summed E-state index contributed by atoms with van der Waals surface area (Å²) < 4.78 is 26.7. The third-order valence-corrected chi connectivity index (χ3v) is 9.59. The van der Waals surface area contributed by atoms with Crippen LogP contribution in [0.15, 0.2) is 60.7 Å². The quantitative estimate of drug-likeness (QED) is 0.476. The van der Waals surface area contributed by atoms with E-state index in [-0.39, 0.29) is 36.3 Å². The van der Waals surface area contributed by atoms with Crippen LogP contribution in [0, 0.1) is 17.8 Å². The summed E-state index contributed by atoms with van der Waals surface area (Å²) in [6.45, 7) is 2.85. The van der Waals surface area contributed by atoms with Gasteiger partial charge in [0.15, 0.2) is 5.60 Å². The van der Waals surface area contributed by atoms with Gasteiger partial charge in [0.1, 0.15) is 18.4 Å². The summed E-state index contributed by atoms with van der Waals surface area (Å²) >= 11 is 6.89. The highest BCUT2D eigenvalue weighted by molar-refractivity contribution is 8.22. The molecule has 4 fully saturated rings. The Labute approximate surface area is 237 Å². The SMILES string of the molecule is CSC(=S)O[C@H]1[C@@H]2C[C@H]3[C@H](C)C(=O)NC(=O)N3[C@@H]3O[C@@]1(COCc1ccccc1)[C@@H](OCc1ccccc1)[C@H]23. The lowest BCUT2D eigenvalue weighted by molar-refractivity contribution is -0.242. The first kappa shape index (κ1) is 26.7. The standard InChI is InChI=1S/C29H32N2O6S2/c1-17-21-13-20-22-24(35-15-19-11-7-4-8-12-19)29(23(20)36-28(38)39-2,16-34-14-18-9-5-3-6-10-18)37-26(22)31(21)27(33)30-25(17)32/h3-12,17,20-24,26H,13-16H2,1-2H3,(H,30,32,33)/t17-,20+,21-,22-,23-,24-,26+,29+/m0/s1. The van der Waals surface area contributed by atoms with E-state index < -0.39 is 30.1 Å². The van der Waals surface area contributed by atoms with Gasteiger partial charge in [-0.2, -0.15) is 0 Å². The van der Waals surface area contributed by atoms with Gasteiger partial charge in [-0.3, -0.25) is 15.0 Å². The van der Waals surface area contributed by atoms with E-state index >= 15 is 0 Å². The molecule has 3 heterocycles. The third kappa shape index (κ3) is 4.66. The molecule has 39 heavy (non-hydrogen) atoms. The van der Waals surface area contributed by atoms with Crippen molar-refractivity contribution >= 4 is 40.3 Å². The highest BCUT2D eigenvalue weighted by Crippen LogP contribution is 2.60. The third-order valence-electron chi connectivity index (χ3n) is 8.57. The number of fused-ring (bicyclic) bond motifs is 3. The second-order valence-electron chi connectivity index (χ2n) is 10.7. The Hall–Kier alpha value is -2.50. The number of piperidine rings is 1. The van der Waals surface area contributed by atoms with E-state index in [1.165, 1.54) is 11.8 Å². The molecular formula is C29H32N2O6S2. The smallest absolute Gasteiger partial charge is 0.326 e. The highest BCUT2D eigenvalue weighted by Gasteiger charge is 2.76. The predicted molar refractivity (Wildman–Crippen MR) is 150 cm³/mol. The van der Waals surface area contributed by atoms with Crippen LogP contribution in [0.2, 0.25) is 0 Å². The number of benzene rings is 2. The molecule has 206 valence electrons. The molecule has 0 unspecified atom stereocenters. The summed E-state index contributed by atoms with van der Waals surface area (Å²) in [6.07, 6.45) is 1.08. The van der Waals surface area contributed by atoms with Crippen LogP contribution in [-0.4, -0.2) is 64.2 Å². The molecule has 3 amide bonds. The lowest BCUT2D eigenvalue weighted by Crippen LogP contribution is -2.70. The number of thiocarbonyl (C=S) groups is 1. The Kier molecular flexibility index (Phi) is 7.41. The van der Waals surface area contributed by atoms with Crippen LogP contribution >= 0.6 is 24.0 Å². The normalized spacial score (nSPS) is 34.5. The molecule has 10 heteroatoms. The number of hydrogen-bond donors (Lipinski definition) is 1. The topological polar surface area (TPSA) is 86.3 Å². The van der Waals surface area contributed by atoms with Crippen molar-refractivity contribution in [3.63, 3.8) is 0 Å². The van der Waals surface area contributed by atoms with Crippen molar-refractivity contribution in [3.8, 4) is 0 Å². The molecule has 3 saturated heterocycles. The summed E-state index contributed by atoms with van der Waals surface area (Å²) in [4.78, 5) is 27.4. The molecule has 1 saturated carbocycles. The van der Waals surface area contributed by atoms with Crippen LogP contribution in [0.3, 0.4) is 0 Å². The van der Waals surface area contributed by atoms with E-state index in [4.69, 9.17) is 31.2 Å². The number of carbonyl (C=O) groups is 2. The van der Waals surface area contributed by atoms with E-state index in [0.29, 0.717) is 24.0 Å². The molecule has 2 bridgehead atoms. The Bertz CT molecular complexity index is 1230. The Morgan fingerprint density at radius 1 is 1.08 bits per heavy atom. The summed E-state index contributed by atoms with van der Waals surface area (Å²) in [5, 5.41) is 2.51. The molecule has 8 nitrogen and oxygen atoms in total. The van der Waals surface area contributed by atoms with E-state index in [1.807, 2.05) is 73.8 Å². The minimum Gasteiger partial charge on any atom is -0.472 e. The van der Waals surface area contributed by atoms with Gasteiger partial charge in [-0.05, 0) is 36.0 Å². The number of nitrogens with zero attached hydrogens (tertiary/aromatic N) is 1. The van der Waals surface area contributed by atoms with Crippen LogP contribution in [-0.2, 0) is 37.0 Å². The first-order chi connectivity index (χ1) is 18.9. The molecule has 2 aromatic rings. The van der Waals surface area contributed by atoms with Gasteiger partial charge in [0.05, 0.1) is 25.7 Å². The largest absolute Gasteiger partial charge is 0.472 e. The van der Waals surface area contributed by atoms with Gasteiger partial charge in [0.2, 0.25) is 10.3 Å². The Balaban J connectivity index is 1.35. The lowest BCUT2D eigenvalue weighted by atomic mass is 9.76. The first-order valence-corrected chi connectivity index (χ1v) is 14.9. The monoisotopic (exact) mass is 568 g/mol. The maximum atomic E-state index is 13.1. The number of imide groups is 1. The maximum Gasteiger partial charge on any atom is 0.326 e. The van der Waals surface area contributed by atoms with Crippen molar-refractivity contribution in [2.24, 2.45) is 17.8 Å². The fourth-order valence-electron chi connectivity index (χ4n) is 6.80. The molecule has 4 aliphatic rings. The molecular weight excluding hydrogens is 536 g/mol. The maximum absolute atomic E-state index is 13.1. The van der Waals surface area contributed by atoms with Gasteiger partial charge >= 0.3 is 6.03 Å². The Morgan fingerprint density at radius 3 is 2.41 bits per heavy atom. The average molecular weight is 569 g/mol. The van der Waals surface area contributed by atoms with Crippen molar-refractivity contribution in [3.05, 3.63) is 71.8 Å². The van der Waals surface area contributed by atoms with Crippen LogP contribution in [0.4, 0.5) is 4.79 Å². The zero-order valence-electron chi connectivity index (χ0n) is 21.9. The predicted octanol–water partition coefficient (Wildman–Crippen LogP) is 4.12. The number of carbonyl (C=O) groups excluding carboxylic acids is 2. The number of ether oxygens (including phenoxy) is 4.